The monoisotopic (exact) mass is 372 g/mol. The van der Waals surface area contributed by atoms with Crippen LogP contribution in [-0.2, 0) is 38.1 Å². The molecule has 0 radical (unpaired) electrons. The van der Waals surface area contributed by atoms with Crippen LogP contribution in [0.2, 0.25) is 0 Å². The van der Waals surface area contributed by atoms with Crippen LogP contribution in [0.4, 0.5) is 0 Å². The van der Waals surface area contributed by atoms with E-state index in [-0.39, 0.29) is 0 Å². The van der Waals surface area contributed by atoms with Crippen molar-refractivity contribution in [2.24, 2.45) is 10.2 Å². The summed E-state index contributed by atoms with van der Waals surface area (Å²) < 4.78 is 17.8. The van der Waals surface area contributed by atoms with Gasteiger partial charge in [0.1, 0.15) is 0 Å². The molecule has 0 amide bonds. The number of rotatable bonds is 9. The maximum Gasteiger partial charge on any atom is 0.329 e. The van der Waals surface area contributed by atoms with E-state index in [0.717, 1.165) is 28.4 Å². The number of esters is 4. The molecule has 0 atom stereocenters. The lowest BCUT2D eigenvalue weighted by Gasteiger charge is -2.28. The Labute approximate surface area is 146 Å². The molecule has 0 aliphatic rings. The molecule has 0 heterocycles. The van der Waals surface area contributed by atoms with Gasteiger partial charge in [-0.2, -0.15) is 0 Å². The van der Waals surface area contributed by atoms with E-state index < -0.39 is 47.8 Å². The van der Waals surface area contributed by atoms with E-state index in [0.29, 0.717) is 0 Å². The summed E-state index contributed by atoms with van der Waals surface area (Å²) in [4.78, 5) is 53.0. The molecule has 0 N–H and O–H groups in total. The van der Waals surface area contributed by atoms with Crippen LogP contribution < -0.4 is 0 Å². The van der Waals surface area contributed by atoms with E-state index in [1.807, 2.05) is 0 Å². The number of carbonyl (C=O) groups excluding carboxylic acids is 4. The van der Waals surface area contributed by atoms with Crippen molar-refractivity contribution in [1.82, 2.24) is 0 Å². The summed E-state index contributed by atoms with van der Waals surface area (Å²) in [7, 11) is 3.64. The minimum atomic E-state index is -2.57. The van der Waals surface area contributed by atoms with E-state index >= 15 is 0 Å². The first-order valence-corrected chi connectivity index (χ1v) is 6.72. The van der Waals surface area contributed by atoms with Crippen LogP contribution in [0.1, 0.15) is 12.8 Å². The van der Waals surface area contributed by atoms with Gasteiger partial charge in [-0.15, -0.1) is 0 Å². The van der Waals surface area contributed by atoms with Crippen LogP contribution in [0.3, 0.4) is 0 Å². The fourth-order valence-corrected chi connectivity index (χ4v) is 2.03. The minimum Gasteiger partial charge on any atom is -0.468 e. The Balaban J connectivity index is 6.32. The summed E-state index contributed by atoms with van der Waals surface area (Å²) in [5.74, 6) is -5.25. The highest BCUT2D eigenvalue weighted by Crippen LogP contribution is 2.31. The number of azide groups is 2. The largest absolute Gasteiger partial charge is 0.468 e. The SMILES string of the molecule is COC(=O)C(CCC(N=[N+]=[N-])(C(=O)OC)C(=O)OC)(N=[N+]=[N-])C(=O)OC. The molecule has 0 fully saturated rings. The number of hydrogen-bond donors (Lipinski definition) is 0. The standard InChI is InChI=1S/C12H16N6O8/c1-23-7(19)11(15-17-13,8(20)24-2)5-6-12(16-18-14,9(21)25-3)10(22)26-4/h5-6H2,1-4H3. The first kappa shape index (κ1) is 22.5. The van der Waals surface area contributed by atoms with Crippen molar-refractivity contribution in [3.63, 3.8) is 0 Å². The fraction of sp³-hybridized carbons (Fsp3) is 0.667. The van der Waals surface area contributed by atoms with Gasteiger partial charge in [-0.3, -0.25) is 19.2 Å². The van der Waals surface area contributed by atoms with Gasteiger partial charge in [0.15, 0.2) is 0 Å². The molecular formula is C12H16N6O8. The van der Waals surface area contributed by atoms with Crippen LogP contribution in [-0.4, -0.2) is 63.4 Å². The van der Waals surface area contributed by atoms with E-state index in [1.165, 1.54) is 0 Å². The fourth-order valence-electron chi connectivity index (χ4n) is 2.03. The zero-order valence-corrected chi connectivity index (χ0v) is 14.4. The molecule has 0 aliphatic heterocycles. The van der Waals surface area contributed by atoms with Crippen LogP contribution in [0.25, 0.3) is 20.9 Å². The Morgan fingerprint density at radius 3 is 1.08 bits per heavy atom. The summed E-state index contributed by atoms with van der Waals surface area (Å²) in [5, 5.41) is 6.25. The molecule has 0 rings (SSSR count). The molecule has 0 spiro atoms. The third-order valence-electron chi connectivity index (χ3n) is 3.37. The van der Waals surface area contributed by atoms with Crippen molar-refractivity contribution in [3.8, 4) is 0 Å². The molecule has 0 bridgehead atoms. The first-order chi connectivity index (χ1) is 12.3. The molecule has 0 saturated heterocycles. The van der Waals surface area contributed by atoms with Gasteiger partial charge in [0.05, 0.1) is 28.4 Å². The quantitative estimate of drug-likeness (QED) is 0.139. The maximum atomic E-state index is 12.1. The molecule has 14 heteroatoms. The smallest absolute Gasteiger partial charge is 0.329 e. The molecule has 26 heavy (non-hydrogen) atoms. The second kappa shape index (κ2) is 9.71. The van der Waals surface area contributed by atoms with Crippen molar-refractivity contribution in [1.29, 1.82) is 0 Å². The van der Waals surface area contributed by atoms with Crippen LogP contribution in [0, 0.1) is 0 Å². The molecule has 0 aliphatic carbocycles. The van der Waals surface area contributed by atoms with Crippen LogP contribution in [0.5, 0.6) is 0 Å². The van der Waals surface area contributed by atoms with Gasteiger partial charge in [-0.05, 0) is 23.9 Å². The Bertz CT molecular complexity index is 589. The highest BCUT2D eigenvalue weighted by Gasteiger charge is 2.54. The van der Waals surface area contributed by atoms with Crippen molar-refractivity contribution < 1.29 is 38.1 Å². The highest BCUT2D eigenvalue weighted by molar-refractivity contribution is 6.07. The van der Waals surface area contributed by atoms with Crippen molar-refractivity contribution >= 4 is 23.9 Å². The van der Waals surface area contributed by atoms with E-state index in [2.05, 4.69) is 39.0 Å². The highest BCUT2D eigenvalue weighted by atomic mass is 16.6. The molecule has 0 unspecified atom stereocenters. The molecule has 142 valence electrons. The predicted octanol–water partition coefficient (Wildman–Crippen LogP) is 0.557. The predicted molar refractivity (Wildman–Crippen MR) is 81.1 cm³/mol. The normalized spacial score (nSPS) is 10.5. The molecule has 0 saturated carbocycles. The van der Waals surface area contributed by atoms with Crippen molar-refractivity contribution in [3.05, 3.63) is 20.9 Å². The number of carbonyl (C=O) groups is 4. The summed E-state index contributed by atoms with van der Waals surface area (Å²) >= 11 is 0. The Morgan fingerprint density at radius 1 is 0.692 bits per heavy atom. The summed E-state index contributed by atoms with van der Waals surface area (Å²) in [6.45, 7) is 0. The Morgan fingerprint density at radius 2 is 0.923 bits per heavy atom. The second-order valence-electron chi connectivity index (χ2n) is 4.57. The maximum absolute atomic E-state index is 12.1. The third kappa shape index (κ3) is 4.12. The Hall–Kier alpha value is -3.50. The van der Waals surface area contributed by atoms with E-state index in [9.17, 15) is 19.2 Å². The van der Waals surface area contributed by atoms with E-state index in [4.69, 9.17) is 11.1 Å². The number of ether oxygens (including phenoxy) is 4. The lowest BCUT2D eigenvalue weighted by atomic mass is 9.85. The van der Waals surface area contributed by atoms with Gasteiger partial charge in [0.2, 0.25) is 11.1 Å². The zero-order valence-electron chi connectivity index (χ0n) is 14.4. The van der Waals surface area contributed by atoms with Gasteiger partial charge in [0.25, 0.3) is 0 Å². The summed E-state index contributed by atoms with van der Waals surface area (Å²) in [5.41, 5.74) is 12.3. The number of nitrogens with zero attached hydrogens (tertiary/aromatic N) is 6. The average Bonchev–Trinajstić information content (AvgIpc) is 2.67. The zero-order chi connectivity index (χ0) is 20.4. The van der Waals surface area contributed by atoms with Gasteiger partial charge in [0, 0.05) is 9.82 Å². The van der Waals surface area contributed by atoms with Gasteiger partial charge < -0.3 is 18.9 Å². The van der Waals surface area contributed by atoms with Crippen LogP contribution >= 0.6 is 0 Å². The van der Waals surface area contributed by atoms with Gasteiger partial charge in [-0.1, -0.05) is 10.2 Å². The average molecular weight is 372 g/mol. The van der Waals surface area contributed by atoms with Crippen LogP contribution in [0.15, 0.2) is 10.2 Å². The molecule has 14 nitrogen and oxygen atoms in total. The minimum absolute atomic E-state index is 0.792. The number of methoxy groups -OCH3 is 4. The van der Waals surface area contributed by atoms with Crippen molar-refractivity contribution in [2.45, 2.75) is 23.9 Å². The topological polar surface area (TPSA) is 203 Å². The molecular weight excluding hydrogens is 356 g/mol. The second-order valence-corrected chi connectivity index (χ2v) is 4.57. The molecule has 0 aromatic heterocycles. The van der Waals surface area contributed by atoms with Gasteiger partial charge in [-0.25, -0.2) is 0 Å². The molecule has 0 aromatic carbocycles. The number of hydrogen-bond acceptors (Lipinski definition) is 10. The Kier molecular flexibility index (Phi) is 8.41. The lowest BCUT2D eigenvalue weighted by Crippen LogP contribution is -2.51. The molecule has 0 aromatic rings. The summed E-state index contributed by atoms with van der Waals surface area (Å²) in [6, 6.07) is 0. The third-order valence-corrected chi connectivity index (χ3v) is 3.37. The van der Waals surface area contributed by atoms with Gasteiger partial charge >= 0.3 is 23.9 Å². The first-order valence-electron chi connectivity index (χ1n) is 6.72. The van der Waals surface area contributed by atoms with Crippen molar-refractivity contribution in [2.75, 3.05) is 28.4 Å². The lowest BCUT2D eigenvalue weighted by molar-refractivity contribution is -0.166. The van der Waals surface area contributed by atoms with E-state index in [1.54, 1.807) is 0 Å². The summed E-state index contributed by atoms with van der Waals surface area (Å²) in [6.07, 6.45) is -1.58.